The van der Waals surface area contributed by atoms with Gasteiger partial charge in [0.2, 0.25) is 11.8 Å². The molecule has 2 amide bonds. The summed E-state index contributed by atoms with van der Waals surface area (Å²) in [6.07, 6.45) is 0.563. The fourth-order valence-electron chi connectivity index (χ4n) is 5.70. The van der Waals surface area contributed by atoms with E-state index in [1.165, 1.54) is 31.3 Å². The number of carbonyl (C=O) groups excluding carboxylic acids is 2. The van der Waals surface area contributed by atoms with Crippen molar-refractivity contribution in [3.05, 3.63) is 75.7 Å². The van der Waals surface area contributed by atoms with Gasteiger partial charge in [0.05, 0.1) is 10.6 Å². The van der Waals surface area contributed by atoms with Crippen LogP contribution in [0.3, 0.4) is 0 Å². The molecule has 3 heterocycles. The lowest BCUT2D eigenvalue weighted by Crippen LogP contribution is -2.50. The normalized spacial score (nSPS) is 18.0. The number of anilines is 1. The number of hydrogen-bond acceptors (Lipinski definition) is 4. The summed E-state index contributed by atoms with van der Waals surface area (Å²) < 4.78 is 45.6. The van der Waals surface area contributed by atoms with Crippen LogP contribution in [-0.4, -0.2) is 46.8 Å². The second-order valence-corrected chi connectivity index (χ2v) is 11.3. The molecule has 1 saturated carbocycles. The Morgan fingerprint density at radius 3 is 2.59 bits per heavy atom. The van der Waals surface area contributed by atoms with Crippen molar-refractivity contribution < 1.29 is 27.5 Å². The zero-order valence-corrected chi connectivity index (χ0v) is 23.5. The first-order valence-corrected chi connectivity index (χ1v) is 13.9. The lowest BCUT2D eigenvalue weighted by molar-refractivity contribution is -0.611. The molecule has 1 aliphatic carbocycles. The van der Waals surface area contributed by atoms with Crippen LogP contribution in [-0.2, 0) is 17.9 Å². The molecule has 1 fully saturated rings. The van der Waals surface area contributed by atoms with Gasteiger partial charge < -0.3 is 20.4 Å². The Morgan fingerprint density at radius 1 is 1.15 bits per heavy atom. The average Bonchev–Trinajstić information content (AvgIpc) is 3.34. The molecule has 0 unspecified atom stereocenters. The number of carbonyl (C=O) groups is 2. The molecule has 2 N–H and O–H groups in total. The number of fused-ring (bicyclic) bond motifs is 1. The first-order chi connectivity index (χ1) is 19.4. The summed E-state index contributed by atoms with van der Waals surface area (Å²) in [5, 5.41) is 17.6. The van der Waals surface area contributed by atoms with Crippen LogP contribution in [0.4, 0.5) is 18.9 Å². The van der Waals surface area contributed by atoms with Crippen molar-refractivity contribution in [1.29, 1.82) is 0 Å². The number of rotatable bonds is 6. The van der Waals surface area contributed by atoms with E-state index < -0.39 is 35.5 Å². The lowest BCUT2D eigenvalue weighted by atomic mass is 9.81. The van der Waals surface area contributed by atoms with Gasteiger partial charge in [0.1, 0.15) is 17.6 Å². The molecule has 8 nitrogen and oxygen atoms in total. The number of alkyl halides is 2. The van der Waals surface area contributed by atoms with Crippen LogP contribution in [0.1, 0.15) is 47.6 Å². The van der Waals surface area contributed by atoms with Crippen LogP contribution in [0.15, 0.2) is 42.6 Å². The van der Waals surface area contributed by atoms with E-state index in [2.05, 4.69) is 15.5 Å². The monoisotopic (exact) mass is 589 g/mol. The number of hydrogen-bond donors (Lipinski definition) is 2. The lowest BCUT2D eigenvalue weighted by Gasteiger charge is -2.33. The summed E-state index contributed by atoms with van der Waals surface area (Å²) in [4.78, 5) is 29.0. The zero-order chi connectivity index (χ0) is 29.5. The molecule has 2 aliphatic rings. The molecule has 218 valence electrons. The van der Waals surface area contributed by atoms with Gasteiger partial charge >= 0.3 is 0 Å². The molecule has 3 aromatic rings. The van der Waals surface area contributed by atoms with Gasteiger partial charge in [-0.3, -0.25) is 14.5 Å². The van der Waals surface area contributed by atoms with Crippen molar-refractivity contribution in [2.75, 3.05) is 18.9 Å². The zero-order valence-electron chi connectivity index (χ0n) is 22.7. The third kappa shape index (κ3) is 6.06. The van der Waals surface area contributed by atoms with Crippen molar-refractivity contribution in [3.63, 3.8) is 0 Å². The van der Waals surface area contributed by atoms with Crippen molar-refractivity contribution >= 4 is 29.1 Å². The Bertz CT molecular complexity index is 1480. The Kier molecular flexibility index (Phi) is 8.02. The Balaban J connectivity index is 1.38. The molecule has 1 aliphatic heterocycles. The van der Waals surface area contributed by atoms with E-state index in [-0.39, 0.29) is 53.2 Å². The summed E-state index contributed by atoms with van der Waals surface area (Å²) in [6, 6.07) is 7.78. The minimum atomic E-state index is -2.81. The van der Waals surface area contributed by atoms with Crippen LogP contribution in [0.25, 0.3) is 11.1 Å². The second-order valence-electron chi connectivity index (χ2n) is 10.9. The van der Waals surface area contributed by atoms with Crippen LogP contribution in [0, 0.1) is 23.9 Å². The van der Waals surface area contributed by atoms with E-state index >= 15 is 4.39 Å². The molecule has 1 aromatic carbocycles. The first kappa shape index (κ1) is 28.9. The minimum absolute atomic E-state index is 0.0523. The largest absolute Gasteiger partial charge is 0.618 e. The van der Waals surface area contributed by atoms with Crippen molar-refractivity contribution in [2.24, 2.45) is 5.92 Å². The smallest absolute Gasteiger partial charge is 0.268 e. The molecule has 2 aromatic heterocycles. The fourth-order valence-corrected chi connectivity index (χ4v) is 5.99. The molecule has 1 atom stereocenters. The number of aromatic nitrogens is 2. The van der Waals surface area contributed by atoms with Crippen molar-refractivity contribution in [2.45, 2.75) is 57.7 Å². The minimum Gasteiger partial charge on any atom is -0.618 e. The molecule has 5 rings (SSSR count). The van der Waals surface area contributed by atoms with Gasteiger partial charge in [0, 0.05) is 62.4 Å². The maximum absolute atomic E-state index is 15.2. The summed E-state index contributed by atoms with van der Waals surface area (Å²) in [5.41, 5.74) is 2.00. The summed E-state index contributed by atoms with van der Waals surface area (Å²) in [7, 11) is 1.99. The quantitative estimate of drug-likeness (QED) is 0.316. The molecule has 0 radical (unpaired) electrons. The molecule has 0 saturated heterocycles. The first-order valence-electron chi connectivity index (χ1n) is 13.5. The van der Waals surface area contributed by atoms with E-state index in [0.29, 0.717) is 23.5 Å². The second kappa shape index (κ2) is 11.4. The third-order valence-corrected chi connectivity index (χ3v) is 8.35. The predicted octanol–water partition coefficient (Wildman–Crippen LogP) is 4.90. The van der Waals surface area contributed by atoms with E-state index in [9.17, 15) is 23.6 Å². The van der Waals surface area contributed by atoms with Gasteiger partial charge in [0.25, 0.3) is 5.91 Å². The highest BCUT2D eigenvalue weighted by Gasteiger charge is 2.40. The van der Waals surface area contributed by atoms with E-state index in [1.807, 2.05) is 17.7 Å². The van der Waals surface area contributed by atoms with Gasteiger partial charge in [-0.1, -0.05) is 11.6 Å². The van der Waals surface area contributed by atoms with Crippen molar-refractivity contribution in [1.82, 2.24) is 14.8 Å². The van der Waals surface area contributed by atoms with E-state index in [1.54, 1.807) is 6.07 Å². The number of nitrogens with one attached hydrogen (secondary N) is 2. The Labute approximate surface area is 240 Å². The van der Waals surface area contributed by atoms with Crippen LogP contribution < -0.4 is 15.4 Å². The van der Waals surface area contributed by atoms with E-state index in [4.69, 9.17) is 11.6 Å². The van der Waals surface area contributed by atoms with Gasteiger partial charge in [-0.05, 0) is 56.1 Å². The van der Waals surface area contributed by atoms with Gasteiger partial charge in [-0.15, -0.1) is 0 Å². The number of likely N-dealkylation sites (N-methyl/N-ethyl adjacent to an activating group) is 1. The third-order valence-electron chi connectivity index (χ3n) is 8.04. The predicted molar refractivity (Wildman–Crippen MR) is 148 cm³/mol. The molecule has 0 spiro atoms. The molecule has 41 heavy (non-hydrogen) atoms. The number of benzene rings is 1. The summed E-state index contributed by atoms with van der Waals surface area (Å²) in [6.45, 7) is 3.56. The summed E-state index contributed by atoms with van der Waals surface area (Å²) >= 11 is 6.24. The molecule has 12 heteroatoms. The highest BCUT2D eigenvalue weighted by atomic mass is 35.5. The van der Waals surface area contributed by atoms with Gasteiger partial charge in [-0.2, -0.15) is 4.73 Å². The van der Waals surface area contributed by atoms with E-state index in [0.717, 1.165) is 18.3 Å². The summed E-state index contributed by atoms with van der Waals surface area (Å²) in [5.74, 6) is -5.16. The van der Waals surface area contributed by atoms with Crippen molar-refractivity contribution in [3.8, 4) is 11.1 Å². The Hall–Kier alpha value is -3.57. The number of nitrogens with zero attached hydrogens (tertiary/aromatic N) is 3. The maximum Gasteiger partial charge on any atom is 0.268 e. The molecular formula is C29H31ClF3N5O3. The number of amides is 2. The standard InChI is InChI=1S/C29H31ClF3N5O3/c1-17-25(22(30)9-12-38(17)41)21-5-3-19(15-23(21)31)34-28(40)26(18-7-10-29(32,33)11-8-18)35-27(39)24-6-4-20-16-36(2)13-14-37(20)24/h3-6,9,12,15,18,26H,7-8,10-11,13-14,16H2,1-2H3,(H,34,40)(H,35,39)/t26-/m0/s1. The number of halogens is 4. The van der Waals surface area contributed by atoms with Crippen LogP contribution >= 0.6 is 11.6 Å². The highest BCUT2D eigenvalue weighted by molar-refractivity contribution is 6.33. The van der Waals surface area contributed by atoms with Crippen LogP contribution in [0.5, 0.6) is 0 Å². The SMILES string of the molecule is Cc1c(-c2ccc(NC(=O)[C@@H](NC(=O)c3ccc4n3CCN(C)C4)C3CCC(F)(F)CC3)cc2F)c(Cl)cc[n+]1[O-]. The molecule has 0 bridgehead atoms. The Morgan fingerprint density at radius 2 is 1.88 bits per heavy atom. The van der Waals surface area contributed by atoms with Gasteiger partial charge in [-0.25, -0.2) is 13.2 Å². The van der Waals surface area contributed by atoms with Crippen LogP contribution in [0.2, 0.25) is 5.02 Å². The average molecular weight is 590 g/mol. The molecular weight excluding hydrogens is 559 g/mol. The fraction of sp³-hybridized carbons (Fsp3) is 0.414. The highest BCUT2D eigenvalue weighted by Crippen LogP contribution is 2.38. The topological polar surface area (TPSA) is 93.3 Å². The number of pyridine rings is 1. The van der Waals surface area contributed by atoms with Gasteiger partial charge in [0.15, 0.2) is 11.9 Å². The maximum atomic E-state index is 15.2.